The monoisotopic (exact) mass is 440 g/mol. The Hall–Kier alpha value is -2.45. The number of morpholine rings is 1. The molecule has 2 aliphatic heterocycles. The molecule has 1 aromatic carbocycles. The Morgan fingerprint density at radius 1 is 0.935 bits per heavy atom. The molecule has 0 bridgehead atoms. The number of hydrogen-bond acceptors (Lipinski definition) is 6. The summed E-state index contributed by atoms with van der Waals surface area (Å²) in [7, 11) is 0. The van der Waals surface area contributed by atoms with Gasteiger partial charge in [0.05, 0.1) is 13.2 Å². The van der Waals surface area contributed by atoms with Crippen LogP contribution >= 0.6 is 12.2 Å². The molecule has 4 rings (SSSR count). The fraction of sp³-hybridized carbons (Fsp3) is 0.522. The predicted octanol–water partition coefficient (Wildman–Crippen LogP) is 3.49. The second-order valence-corrected chi connectivity index (χ2v) is 8.61. The summed E-state index contributed by atoms with van der Waals surface area (Å²) >= 11 is 5.53. The number of aromatic nitrogens is 2. The van der Waals surface area contributed by atoms with Gasteiger partial charge in [-0.15, -0.1) is 0 Å². The number of anilines is 3. The highest BCUT2D eigenvalue weighted by atomic mass is 32.1. The molecule has 3 heterocycles. The van der Waals surface area contributed by atoms with Gasteiger partial charge < -0.3 is 25.2 Å². The van der Waals surface area contributed by atoms with Gasteiger partial charge in [-0.3, -0.25) is 0 Å². The van der Waals surface area contributed by atoms with Gasteiger partial charge in [0.25, 0.3) is 0 Å². The molecule has 0 unspecified atom stereocenters. The van der Waals surface area contributed by atoms with Gasteiger partial charge in [-0.25, -0.2) is 0 Å². The molecule has 2 fully saturated rings. The van der Waals surface area contributed by atoms with E-state index in [-0.39, 0.29) is 0 Å². The minimum atomic E-state index is 0.529. The summed E-state index contributed by atoms with van der Waals surface area (Å²) in [5.74, 6) is 2.45. The molecule has 1 aromatic heterocycles. The minimum Gasteiger partial charge on any atom is -0.378 e. The van der Waals surface area contributed by atoms with Crippen LogP contribution in [0, 0.1) is 6.92 Å². The van der Waals surface area contributed by atoms with Crippen molar-refractivity contribution < 1.29 is 4.74 Å². The first kappa shape index (κ1) is 21.8. The molecule has 166 valence electrons. The normalized spacial score (nSPS) is 17.2. The van der Waals surface area contributed by atoms with E-state index in [0.29, 0.717) is 17.6 Å². The van der Waals surface area contributed by atoms with Gasteiger partial charge in [0.15, 0.2) is 5.11 Å². The topological polar surface area (TPSA) is 65.6 Å². The first-order valence-corrected chi connectivity index (χ1v) is 11.7. The number of rotatable bonds is 5. The zero-order valence-corrected chi connectivity index (χ0v) is 19.1. The summed E-state index contributed by atoms with van der Waals surface area (Å²) < 4.78 is 5.52. The van der Waals surface area contributed by atoms with Crippen LogP contribution in [0.5, 0.6) is 0 Å². The lowest BCUT2D eigenvalue weighted by Gasteiger charge is -2.29. The van der Waals surface area contributed by atoms with Crippen LogP contribution in [0.1, 0.15) is 36.8 Å². The lowest BCUT2D eigenvalue weighted by molar-refractivity contribution is 0.122. The SMILES string of the molecule is Cc1ccc(CNC(=S)Nc2nc(N3CCCCCC3)cc(N3CCOCC3)n2)cc1. The molecule has 31 heavy (non-hydrogen) atoms. The Morgan fingerprint density at radius 2 is 1.55 bits per heavy atom. The Balaban J connectivity index is 1.48. The quantitative estimate of drug-likeness (QED) is 0.685. The van der Waals surface area contributed by atoms with Crippen molar-refractivity contribution in [3.05, 3.63) is 41.5 Å². The fourth-order valence-corrected chi connectivity index (χ4v) is 4.09. The number of thiocarbonyl (C=S) groups is 1. The van der Waals surface area contributed by atoms with E-state index in [9.17, 15) is 0 Å². The third-order valence-corrected chi connectivity index (χ3v) is 6.01. The van der Waals surface area contributed by atoms with Crippen molar-refractivity contribution in [2.24, 2.45) is 0 Å². The van der Waals surface area contributed by atoms with Crippen molar-refractivity contribution in [3.63, 3.8) is 0 Å². The van der Waals surface area contributed by atoms with E-state index in [1.54, 1.807) is 0 Å². The van der Waals surface area contributed by atoms with Crippen LogP contribution in [0.2, 0.25) is 0 Å². The van der Waals surface area contributed by atoms with Crippen LogP contribution in [0.3, 0.4) is 0 Å². The van der Waals surface area contributed by atoms with Gasteiger partial charge in [-0.1, -0.05) is 42.7 Å². The summed E-state index contributed by atoms with van der Waals surface area (Å²) in [5, 5.41) is 7.01. The van der Waals surface area contributed by atoms with Gasteiger partial charge in [-0.2, -0.15) is 9.97 Å². The number of nitrogens with one attached hydrogen (secondary N) is 2. The molecule has 0 spiro atoms. The van der Waals surface area contributed by atoms with E-state index in [1.807, 2.05) is 0 Å². The van der Waals surface area contributed by atoms with E-state index < -0.39 is 0 Å². The van der Waals surface area contributed by atoms with Crippen molar-refractivity contribution in [3.8, 4) is 0 Å². The van der Waals surface area contributed by atoms with Crippen molar-refractivity contribution in [2.75, 3.05) is 54.5 Å². The van der Waals surface area contributed by atoms with Crippen LogP contribution in [-0.4, -0.2) is 54.5 Å². The molecule has 0 saturated carbocycles. The van der Waals surface area contributed by atoms with Gasteiger partial charge in [0, 0.05) is 38.8 Å². The van der Waals surface area contributed by atoms with Crippen molar-refractivity contribution >= 4 is 34.9 Å². The maximum atomic E-state index is 5.53. The molecular formula is C23H32N6OS. The summed E-state index contributed by atoms with van der Waals surface area (Å²) in [5.41, 5.74) is 2.43. The molecule has 0 amide bonds. The smallest absolute Gasteiger partial charge is 0.232 e. The second-order valence-electron chi connectivity index (χ2n) is 8.20. The first-order chi connectivity index (χ1) is 15.2. The summed E-state index contributed by atoms with van der Waals surface area (Å²) in [6, 6.07) is 10.5. The molecule has 0 aliphatic carbocycles. The molecule has 0 atom stereocenters. The lowest BCUT2D eigenvalue weighted by atomic mass is 10.1. The highest BCUT2D eigenvalue weighted by Gasteiger charge is 2.19. The third kappa shape index (κ3) is 6.27. The number of aryl methyl sites for hydroxylation is 1. The Morgan fingerprint density at radius 3 is 2.19 bits per heavy atom. The third-order valence-electron chi connectivity index (χ3n) is 5.76. The molecule has 0 radical (unpaired) electrons. The maximum absolute atomic E-state index is 5.53. The van der Waals surface area contributed by atoms with Crippen LogP contribution in [-0.2, 0) is 11.3 Å². The van der Waals surface area contributed by atoms with Gasteiger partial charge >= 0.3 is 0 Å². The van der Waals surface area contributed by atoms with Crippen molar-refractivity contribution in [1.29, 1.82) is 0 Å². The largest absolute Gasteiger partial charge is 0.378 e. The molecule has 2 aliphatic rings. The van der Waals surface area contributed by atoms with Crippen molar-refractivity contribution in [2.45, 2.75) is 39.2 Å². The zero-order chi connectivity index (χ0) is 21.5. The van der Waals surface area contributed by atoms with Crippen LogP contribution < -0.4 is 20.4 Å². The predicted molar refractivity (Wildman–Crippen MR) is 130 cm³/mol. The summed E-state index contributed by atoms with van der Waals surface area (Å²) in [6.45, 7) is 7.95. The number of hydrogen-bond donors (Lipinski definition) is 2. The van der Waals surface area contributed by atoms with Gasteiger partial charge in [0.2, 0.25) is 5.95 Å². The lowest BCUT2D eigenvalue weighted by Crippen LogP contribution is -2.37. The van der Waals surface area contributed by atoms with E-state index in [0.717, 1.165) is 51.0 Å². The number of nitrogens with zero attached hydrogens (tertiary/aromatic N) is 4. The van der Waals surface area contributed by atoms with Gasteiger partial charge in [0.1, 0.15) is 11.6 Å². The van der Waals surface area contributed by atoms with Crippen LogP contribution in [0.15, 0.2) is 30.3 Å². The van der Waals surface area contributed by atoms with E-state index in [1.165, 1.54) is 36.8 Å². The van der Waals surface area contributed by atoms with Crippen molar-refractivity contribution in [1.82, 2.24) is 15.3 Å². The molecule has 2 N–H and O–H groups in total. The molecule has 8 heteroatoms. The molecule has 2 saturated heterocycles. The standard InChI is InChI=1S/C23H32N6OS/c1-18-6-8-19(9-7-18)17-24-23(31)27-22-25-20(28-10-4-2-3-5-11-28)16-21(26-22)29-12-14-30-15-13-29/h6-9,16H,2-5,10-15,17H2,1H3,(H2,24,25,26,27,31). The number of ether oxygens (including phenoxy) is 1. The highest BCUT2D eigenvalue weighted by Crippen LogP contribution is 2.24. The molecule has 7 nitrogen and oxygen atoms in total. The zero-order valence-electron chi connectivity index (χ0n) is 18.3. The molecule has 2 aromatic rings. The van der Waals surface area contributed by atoms with E-state index >= 15 is 0 Å². The minimum absolute atomic E-state index is 0.529. The number of benzene rings is 1. The summed E-state index contributed by atoms with van der Waals surface area (Å²) in [4.78, 5) is 14.2. The van der Waals surface area contributed by atoms with Crippen LogP contribution in [0.4, 0.5) is 17.6 Å². The van der Waals surface area contributed by atoms with E-state index in [4.69, 9.17) is 26.9 Å². The van der Waals surface area contributed by atoms with E-state index in [2.05, 4.69) is 57.7 Å². The van der Waals surface area contributed by atoms with Crippen LogP contribution in [0.25, 0.3) is 0 Å². The fourth-order valence-electron chi connectivity index (χ4n) is 3.93. The maximum Gasteiger partial charge on any atom is 0.232 e. The van der Waals surface area contributed by atoms with Gasteiger partial charge in [-0.05, 0) is 37.5 Å². The Labute approximate surface area is 190 Å². The second kappa shape index (κ2) is 10.7. The average Bonchev–Trinajstić information content (AvgIpc) is 3.09. The molecular weight excluding hydrogens is 408 g/mol. The average molecular weight is 441 g/mol. The first-order valence-electron chi connectivity index (χ1n) is 11.2. The Kier molecular flexibility index (Phi) is 7.53. The summed E-state index contributed by atoms with van der Waals surface area (Å²) in [6.07, 6.45) is 4.98. The highest BCUT2D eigenvalue weighted by molar-refractivity contribution is 7.80. The Bertz CT molecular complexity index is 861.